The number of carbonyl (C=O) groups is 3. The zero-order valence-corrected chi connectivity index (χ0v) is 15.0. The van der Waals surface area contributed by atoms with Crippen molar-refractivity contribution in [3.05, 3.63) is 47.8 Å². The lowest BCUT2D eigenvalue weighted by atomic mass is 9.85. The van der Waals surface area contributed by atoms with Crippen LogP contribution in [0.4, 0.5) is 4.79 Å². The summed E-state index contributed by atoms with van der Waals surface area (Å²) >= 11 is 0. The molecule has 9 heteroatoms. The minimum absolute atomic E-state index is 0.197. The predicted octanol–water partition coefficient (Wildman–Crippen LogP) is 0.874. The number of benzene rings is 1. The summed E-state index contributed by atoms with van der Waals surface area (Å²) in [6.07, 6.45) is 2.18. The van der Waals surface area contributed by atoms with Crippen LogP contribution in [0.1, 0.15) is 28.9 Å². The number of rotatable bonds is 3. The summed E-state index contributed by atoms with van der Waals surface area (Å²) in [6, 6.07) is 9.32. The molecule has 4 rings (SSSR count). The van der Waals surface area contributed by atoms with E-state index in [-0.39, 0.29) is 23.5 Å². The van der Waals surface area contributed by atoms with Crippen LogP contribution in [0.3, 0.4) is 0 Å². The highest BCUT2D eigenvalue weighted by Gasteiger charge is 2.57. The standard InChI is InChI=1S/C18H20N6O3/c1-22-16(26)18(24(17(22)27)12-13-5-3-2-4-6-13)7-9-23(10-8-18)15(25)14-11-19-21-20-14/h2-6,11H,7-10,12H2,1H3,(H,19,20,21). The number of H-pyrrole nitrogens is 1. The van der Waals surface area contributed by atoms with Gasteiger partial charge in [-0.2, -0.15) is 15.4 Å². The van der Waals surface area contributed by atoms with Crippen molar-refractivity contribution in [2.45, 2.75) is 24.9 Å². The van der Waals surface area contributed by atoms with Gasteiger partial charge in [0.1, 0.15) is 5.54 Å². The zero-order chi connectivity index (χ0) is 19.0. The molecule has 4 amide bonds. The van der Waals surface area contributed by atoms with Gasteiger partial charge in [0.25, 0.3) is 11.8 Å². The molecule has 140 valence electrons. The lowest BCUT2D eigenvalue weighted by Gasteiger charge is -2.42. The van der Waals surface area contributed by atoms with Crippen LogP contribution in [0.5, 0.6) is 0 Å². The van der Waals surface area contributed by atoms with E-state index in [2.05, 4.69) is 15.4 Å². The fourth-order valence-corrected chi connectivity index (χ4v) is 3.89. The molecule has 0 aliphatic carbocycles. The van der Waals surface area contributed by atoms with Crippen molar-refractivity contribution < 1.29 is 14.4 Å². The normalized spacial score (nSPS) is 19.2. The van der Waals surface area contributed by atoms with Gasteiger partial charge in [0.2, 0.25) is 0 Å². The van der Waals surface area contributed by atoms with Crippen molar-refractivity contribution in [2.24, 2.45) is 0 Å². The number of aromatic nitrogens is 3. The van der Waals surface area contributed by atoms with E-state index in [0.717, 1.165) is 5.56 Å². The molecule has 0 atom stereocenters. The average molecular weight is 368 g/mol. The lowest BCUT2D eigenvalue weighted by molar-refractivity contribution is -0.134. The van der Waals surface area contributed by atoms with Gasteiger partial charge in [-0.05, 0) is 18.4 Å². The third-order valence-electron chi connectivity index (χ3n) is 5.43. The molecule has 0 radical (unpaired) electrons. The van der Waals surface area contributed by atoms with Crippen molar-refractivity contribution in [2.75, 3.05) is 20.1 Å². The summed E-state index contributed by atoms with van der Waals surface area (Å²) in [5, 5.41) is 9.92. The summed E-state index contributed by atoms with van der Waals surface area (Å²) in [4.78, 5) is 42.6. The molecule has 2 fully saturated rings. The van der Waals surface area contributed by atoms with Gasteiger partial charge in [-0.3, -0.25) is 14.5 Å². The molecule has 0 bridgehead atoms. The number of carbonyl (C=O) groups excluding carboxylic acids is 3. The summed E-state index contributed by atoms with van der Waals surface area (Å²) in [5.41, 5.74) is 0.315. The molecule has 2 saturated heterocycles. The van der Waals surface area contributed by atoms with Crippen LogP contribution in [-0.4, -0.2) is 73.6 Å². The van der Waals surface area contributed by atoms with Gasteiger partial charge >= 0.3 is 6.03 Å². The maximum Gasteiger partial charge on any atom is 0.327 e. The second-order valence-corrected chi connectivity index (χ2v) is 6.90. The van der Waals surface area contributed by atoms with Gasteiger partial charge in [-0.1, -0.05) is 30.3 Å². The molecular weight excluding hydrogens is 348 g/mol. The number of urea groups is 1. The Balaban J connectivity index is 1.56. The molecule has 1 spiro atoms. The zero-order valence-electron chi connectivity index (χ0n) is 15.0. The molecular formula is C18H20N6O3. The Morgan fingerprint density at radius 2 is 1.89 bits per heavy atom. The van der Waals surface area contributed by atoms with Crippen molar-refractivity contribution in [1.82, 2.24) is 30.1 Å². The number of aromatic amines is 1. The maximum absolute atomic E-state index is 12.9. The quantitative estimate of drug-likeness (QED) is 0.810. The molecule has 1 aromatic carbocycles. The number of likely N-dealkylation sites (N-methyl/N-ethyl adjacent to an activating group) is 1. The first-order valence-electron chi connectivity index (χ1n) is 8.82. The predicted molar refractivity (Wildman–Crippen MR) is 94.4 cm³/mol. The van der Waals surface area contributed by atoms with E-state index in [1.54, 1.807) is 9.80 Å². The first-order valence-corrected chi connectivity index (χ1v) is 8.82. The number of nitrogens with zero attached hydrogens (tertiary/aromatic N) is 5. The third kappa shape index (κ3) is 2.75. The SMILES string of the molecule is CN1C(=O)N(Cc2ccccc2)C2(CCN(C(=O)c3cn[nH]n3)CC2)C1=O. The highest BCUT2D eigenvalue weighted by Crippen LogP contribution is 2.38. The summed E-state index contributed by atoms with van der Waals surface area (Å²) in [7, 11) is 1.52. The lowest BCUT2D eigenvalue weighted by Crippen LogP contribution is -2.57. The Hall–Kier alpha value is -3.23. The van der Waals surface area contributed by atoms with Gasteiger partial charge in [-0.15, -0.1) is 0 Å². The van der Waals surface area contributed by atoms with Crippen LogP contribution in [0.2, 0.25) is 0 Å². The van der Waals surface area contributed by atoms with Gasteiger partial charge in [0.05, 0.1) is 6.20 Å². The van der Waals surface area contributed by atoms with E-state index < -0.39 is 5.54 Å². The average Bonchev–Trinajstić information content (AvgIpc) is 3.30. The van der Waals surface area contributed by atoms with E-state index in [1.165, 1.54) is 18.1 Å². The first kappa shape index (κ1) is 17.2. The van der Waals surface area contributed by atoms with Gasteiger partial charge in [-0.25, -0.2) is 4.79 Å². The van der Waals surface area contributed by atoms with Gasteiger partial charge < -0.3 is 9.80 Å². The van der Waals surface area contributed by atoms with Gasteiger partial charge in [0.15, 0.2) is 5.69 Å². The highest BCUT2D eigenvalue weighted by molar-refractivity contribution is 6.07. The van der Waals surface area contributed by atoms with Crippen molar-refractivity contribution in [3.63, 3.8) is 0 Å². The van der Waals surface area contributed by atoms with E-state index >= 15 is 0 Å². The second kappa shape index (κ2) is 6.49. The number of hydrogen-bond donors (Lipinski definition) is 1. The molecule has 2 aromatic rings. The smallest absolute Gasteiger partial charge is 0.327 e. The Morgan fingerprint density at radius 3 is 2.52 bits per heavy atom. The number of piperidine rings is 1. The van der Waals surface area contributed by atoms with Crippen LogP contribution in [-0.2, 0) is 11.3 Å². The highest BCUT2D eigenvalue weighted by atomic mass is 16.2. The minimum atomic E-state index is -0.901. The van der Waals surface area contributed by atoms with E-state index in [9.17, 15) is 14.4 Å². The monoisotopic (exact) mass is 368 g/mol. The Bertz CT molecular complexity index is 858. The molecule has 1 N–H and O–H groups in total. The number of likely N-dealkylation sites (tertiary alicyclic amines) is 1. The summed E-state index contributed by atoms with van der Waals surface area (Å²) in [6.45, 7) is 1.13. The fraction of sp³-hybridized carbons (Fsp3) is 0.389. The molecule has 2 aliphatic rings. The number of imide groups is 1. The fourth-order valence-electron chi connectivity index (χ4n) is 3.89. The molecule has 27 heavy (non-hydrogen) atoms. The second-order valence-electron chi connectivity index (χ2n) is 6.90. The topological polar surface area (TPSA) is 102 Å². The van der Waals surface area contributed by atoms with Crippen molar-refractivity contribution in [1.29, 1.82) is 0 Å². The Morgan fingerprint density at radius 1 is 1.19 bits per heavy atom. The molecule has 2 aliphatic heterocycles. The Kier molecular flexibility index (Phi) is 4.14. The van der Waals surface area contributed by atoms with Gasteiger partial charge in [0, 0.05) is 26.7 Å². The number of hydrogen-bond acceptors (Lipinski definition) is 5. The molecule has 0 unspecified atom stereocenters. The van der Waals surface area contributed by atoms with Crippen LogP contribution in [0.15, 0.2) is 36.5 Å². The molecule has 9 nitrogen and oxygen atoms in total. The van der Waals surface area contributed by atoms with E-state index in [0.29, 0.717) is 32.5 Å². The van der Waals surface area contributed by atoms with Crippen LogP contribution < -0.4 is 0 Å². The van der Waals surface area contributed by atoms with Crippen LogP contribution in [0, 0.1) is 0 Å². The summed E-state index contributed by atoms with van der Waals surface area (Å²) < 4.78 is 0. The first-order chi connectivity index (χ1) is 13.0. The molecule has 3 heterocycles. The van der Waals surface area contributed by atoms with E-state index in [1.807, 2.05) is 30.3 Å². The number of nitrogens with one attached hydrogen (secondary N) is 1. The maximum atomic E-state index is 12.9. The number of amides is 4. The van der Waals surface area contributed by atoms with Crippen LogP contribution >= 0.6 is 0 Å². The van der Waals surface area contributed by atoms with E-state index in [4.69, 9.17) is 0 Å². The Labute approximate surface area is 155 Å². The van der Waals surface area contributed by atoms with Crippen molar-refractivity contribution >= 4 is 17.8 Å². The summed E-state index contributed by atoms with van der Waals surface area (Å²) in [5.74, 6) is -0.421. The third-order valence-corrected chi connectivity index (χ3v) is 5.43. The van der Waals surface area contributed by atoms with Crippen molar-refractivity contribution in [3.8, 4) is 0 Å². The van der Waals surface area contributed by atoms with Crippen LogP contribution in [0.25, 0.3) is 0 Å². The largest absolute Gasteiger partial charge is 0.337 e. The molecule has 1 aromatic heterocycles. The molecule has 0 saturated carbocycles. The minimum Gasteiger partial charge on any atom is -0.337 e.